The van der Waals surface area contributed by atoms with E-state index in [-0.39, 0.29) is 24.7 Å². The van der Waals surface area contributed by atoms with Gasteiger partial charge in [-0.15, -0.1) is 0 Å². The van der Waals surface area contributed by atoms with Gasteiger partial charge in [0.1, 0.15) is 11.9 Å². The highest BCUT2D eigenvalue weighted by Gasteiger charge is 2.29. The first-order valence-corrected chi connectivity index (χ1v) is 5.67. The second-order valence-electron chi connectivity index (χ2n) is 4.12. The third-order valence-electron chi connectivity index (χ3n) is 2.64. The number of benzene rings is 1. The molecular weight excluding hydrogens is 253 g/mol. The van der Waals surface area contributed by atoms with Crippen LogP contribution in [0.25, 0.3) is 0 Å². The van der Waals surface area contributed by atoms with Crippen LogP contribution in [0.4, 0.5) is 9.18 Å². The number of imide groups is 1. The average molecular weight is 265 g/mol. The maximum atomic E-state index is 12.7. The fraction of sp³-hybridized carbons (Fsp3) is 0.250. The summed E-state index contributed by atoms with van der Waals surface area (Å²) < 4.78 is 12.7. The number of halogens is 1. The molecule has 1 atom stereocenters. The molecule has 0 aromatic heterocycles. The fourth-order valence-electron chi connectivity index (χ4n) is 1.67. The molecule has 1 aliphatic heterocycles. The van der Waals surface area contributed by atoms with Crippen LogP contribution in [0.3, 0.4) is 0 Å². The van der Waals surface area contributed by atoms with Crippen molar-refractivity contribution in [2.45, 2.75) is 12.5 Å². The fourth-order valence-corrected chi connectivity index (χ4v) is 1.67. The van der Waals surface area contributed by atoms with Gasteiger partial charge in [0.2, 0.25) is 5.91 Å². The minimum atomic E-state index is -0.746. The lowest BCUT2D eigenvalue weighted by molar-refractivity contribution is -0.121. The van der Waals surface area contributed by atoms with Crippen LogP contribution in [0.2, 0.25) is 0 Å². The van der Waals surface area contributed by atoms with Gasteiger partial charge in [-0.1, -0.05) is 12.1 Å². The van der Waals surface area contributed by atoms with Crippen LogP contribution in [0.15, 0.2) is 24.3 Å². The zero-order chi connectivity index (χ0) is 13.8. The summed E-state index contributed by atoms with van der Waals surface area (Å²) in [6.07, 6.45) is 0.0859. The number of carbonyl (C=O) groups excluding carboxylic acids is 3. The number of urea groups is 1. The van der Waals surface area contributed by atoms with Gasteiger partial charge in [0.05, 0.1) is 6.42 Å². The monoisotopic (exact) mass is 265 g/mol. The minimum absolute atomic E-state index is 0.0254. The van der Waals surface area contributed by atoms with Crippen LogP contribution in [0.1, 0.15) is 5.56 Å². The molecule has 1 unspecified atom stereocenters. The van der Waals surface area contributed by atoms with E-state index >= 15 is 0 Å². The van der Waals surface area contributed by atoms with Gasteiger partial charge in [-0.05, 0) is 17.7 Å². The van der Waals surface area contributed by atoms with E-state index < -0.39 is 18.0 Å². The lowest BCUT2D eigenvalue weighted by Gasteiger charge is -2.09. The normalized spacial score (nSPS) is 17.8. The van der Waals surface area contributed by atoms with E-state index in [2.05, 4.69) is 16.0 Å². The molecule has 0 spiro atoms. The Labute approximate surface area is 108 Å². The number of rotatable bonds is 4. The first-order chi connectivity index (χ1) is 9.04. The van der Waals surface area contributed by atoms with Gasteiger partial charge in [0, 0.05) is 6.54 Å². The van der Waals surface area contributed by atoms with Crippen molar-refractivity contribution in [2.75, 3.05) is 6.54 Å². The van der Waals surface area contributed by atoms with Crippen molar-refractivity contribution in [1.29, 1.82) is 0 Å². The Balaban J connectivity index is 1.80. The molecule has 1 aromatic carbocycles. The molecule has 100 valence electrons. The predicted octanol–water partition coefficient (Wildman–Crippen LogP) is -0.308. The first kappa shape index (κ1) is 13.0. The van der Waals surface area contributed by atoms with Crippen molar-refractivity contribution in [3.63, 3.8) is 0 Å². The Kier molecular flexibility index (Phi) is 3.74. The van der Waals surface area contributed by atoms with Crippen molar-refractivity contribution in [2.24, 2.45) is 0 Å². The third-order valence-corrected chi connectivity index (χ3v) is 2.64. The van der Waals surface area contributed by atoms with E-state index in [1.807, 2.05) is 0 Å². The van der Waals surface area contributed by atoms with Gasteiger partial charge in [0.25, 0.3) is 5.91 Å². The SMILES string of the molecule is O=C(Cc1ccc(F)cc1)NCC1NC(=O)NC1=O. The number of nitrogens with one attached hydrogen (secondary N) is 3. The molecule has 1 aromatic rings. The van der Waals surface area contributed by atoms with Gasteiger partial charge in [-0.2, -0.15) is 0 Å². The third kappa shape index (κ3) is 3.51. The van der Waals surface area contributed by atoms with E-state index in [0.717, 1.165) is 0 Å². The molecule has 2 rings (SSSR count). The summed E-state index contributed by atoms with van der Waals surface area (Å²) >= 11 is 0. The Morgan fingerprint density at radius 2 is 1.95 bits per heavy atom. The van der Waals surface area contributed by atoms with Gasteiger partial charge < -0.3 is 10.6 Å². The Bertz CT molecular complexity index is 515. The van der Waals surface area contributed by atoms with Gasteiger partial charge in [-0.25, -0.2) is 9.18 Å². The van der Waals surface area contributed by atoms with Gasteiger partial charge in [0.15, 0.2) is 0 Å². The first-order valence-electron chi connectivity index (χ1n) is 5.67. The number of carbonyl (C=O) groups is 3. The Morgan fingerprint density at radius 3 is 2.53 bits per heavy atom. The zero-order valence-electron chi connectivity index (χ0n) is 9.90. The van der Waals surface area contributed by atoms with Crippen LogP contribution < -0.4 is 16.0 Å². The Morgan fingerprint density at radius 1 is 1.26 bits per heavy atom. The largest absolute Gasteiger partial charge is 0.353 e. The van der Waals surface area contributed by atoms with Crippen molar-refractivity contribution in [3.05, 3.63) is 35.6 Å². The average Bonchev–Trinajstić information content (AvgIpc) is 2.68. The second-order valence-corrected chi connectivity index (χ2v) is 4.12. The van der Waals surface area contributed by atoms with Crippen molar-refractivity contribution in [3.8, 4) is 0 Å². The lowest BCUT2D eigenvalue weighted by Crippen LogP contribution is -2.42. The topological polar surface area (TPSA) is 87.3 Å². The molecule has 0 saturated carbocycles. The highest BCUT2D eigenvalue weighted by atomic mass is 19.1. The van der Waals surface area contributed by atoms with E-state index in [1.165, 1.54) is 24.3 Å². The zero-order valence-corrected chi connectivity index (χ0v) is 9.90. The highest BCUT2D eigenvalue weighted by Crippen LogP contribution is 2.03. The smallest absolute Gasteiger partial charge is 0.322 e. The molecular formula is C12H12FN3O3. The quantitative estimate of drug-likeness (QED) is 0.653. The number of hydrogen-bond acceptors (Lipinski definition) is 3. The summed E-state index contributed by atoms with van der Waals surface area (Å²) in [7, 11) is 0. The van der Waals surface area contributed by atoms with E-state index in [0.29, 0.717) is 5.56 Å². The van der Waals surface area contributed by atoms with Crippen molar-refractivity contribution >= 4 is 17.8 Å². The van der Waals surface area contributed by atoms with E-state index in [4.69, 9.17) is 0 Å². The molecule has 4 amide bonds. The maximum absolute atomic E-state index is 12.7. The van der Waals surface area contributed by atoms with Gasteiger partial charge >= 0.3 is 6.03 Å². The summed E-state index contributed by atoms with van der Waals surface area (Å²) in [5.74, 6) is -1.14. The van der Waals surface area contributed by atoms with Crippen LogP contribution >= 0.6 is 0 Å². The standard InChI is InChI=1S/C12H12FN3O3/c13-8-3-1-7(2-4-8)5-10(17)14-6-9-11(18)16-12(19)15-9/h1-4,9H,5-6H2,(H,14,17)(H2,15,16,18,19). The molecule has 0 bridgehead atoms. The molecule has 3 N–H and O–H groups in total. The predicted molar refractivity (Wildman–Crippen MR) is 63.6 cm³/mol. The second kappa shape index (κ2) is 5.47. The molecule has 0 radical (unpaired) electrons. The summed E-state index contributed by atoms with van der Waals surface area (Å²) in [5.41, 5.74) is 0.666. The number of hydrogen-bond donors (Lipinski definition) is 3. The number of amides is 4. The molecule has 1 heterocycles. The van der Waals surface area contributed by atoms with Crippen LogP contribution in [0.5, 0.6) is 0 Å². The van der Waals surface area contributed by atoms with Crippen LogP contribution in [-0.4, -0.2) is 30.4 Å². The molecule has 1 aliphatic rings. The molecule has 19 heavy (non-hydrogen) atoms. The molecule has 0 aliphatic carbocycles. The summed E-state index contributed by atoms with van der Waals surface area (Å²) in [6.45, 7) is 0.0254. The van der Waals surface area contributed by atoms with E-state index in [1.54, 1.807) is 0 Å². The maximum Gasteiger partial charge on any atom is 0.322 e. The van der Waals surface area contributed by atoms with Gasteiger partial charge in [-0.3, -0.25) is 14.9 Å². The minimum Gasteiger partial charge on any atom is -0.353 e. The van der Waals surface area contributed by atoms with Crippen molar-refractivity contribution < 1.29 is 18.8 Å². The Hall–Kier alpha value is -2.44. The van der Waals surface area contributed by atoms with Crippen LogP contribution in [-0.2, 0) is 16.0 Å². The molecule has 6 nitrogen and oxygen atoms in total. The highest BCUT2D eigenvalue weighted by molar-refractivity contribution is 6.04. The molecule has 1 fully saturated rings. The summed E-state index contributed by atoms with van der Waals surface area (Å²) in [6, 6.07) is 4.26. The summed E-state index contributed by atoms with van der Waals surface area (Å²) in [4.78, 5) is 33.6. The lowest BCUT2D eigenvalue weighted by atomic mass is 10.1. The molecule has 1 saturated heterocycles. The van der Waals surface area contributed by atoms with E-state index in [9.17, 15) is 18.8 Å². The molecule has 7 heteroatoms. The van der Waals surface area contributed by atoms with Crippen molar-refractivity contribution in [1.82, 2.24) is 16.0 Å². The summed E-state index contributed by atoms with van der Waals surface area (Å²) in [5, 5.41) is 6.96. The van der Waals surface area contributed by atoms with Crippen LogP contribution in [0, 0.1) is 5.82 Å².